The molecule has 2 unspecified atom stereocenters. The van der Waals surface area contributed by atoms with Crippen LogP contribution in [0.2, 0.25) is 0 Å². The Morgan fingerprint density at radius 2 is 1.73 bits per heavy atom. The van der Waals surface area contributed by atoms with Gasteiger partial charge >= 0.3 is 11.0 Å². The van der Waals surface area contributed by atoms with Gasteiger partial charge in [0.25, 0.3) is 0 Å². The number of halogens is 3. The highest BCUT2D eigenvalue weighted by atomic mass is 32.2. The summed E-state index contributed by atoms with van der Waals surface area (Å²) in [5, 5.41) is 2.06. The highest BCUT2D eigenvalue weighted by molar-refractivity contribution is 8.00. The number of amides is 3. The number of methoxy groups -OCH3 is 1. The Balaban J connectivity index is 1.44. The van der Waals surface area contributed by atoms with Crippen LogP contribution in [0.25, 0.3) is 0 Å². The van der Waals surface area contributed by atoms with Crippen molar-refractivity contribution in [1.82, 2.24) is 4.57 Å². The maximum atomic E-state index is 14.0. The lowest BCUT2D eigenvalue weighted by Crippen LogP contribution is -2.33. The van der Waals surface area contributed by atoms with Crippen LogP contribution < -0.4 is 19.8 Å². The van der Waals surface area contributed by atoms with Crippen molar-refractivity contribution >= 4 is 52.2 Å². The van der Waals surface area contributed by atoms with Crippen molar-refractivity contribution in [2.45, 2.75) is 35.8 Å². The number of para-hydroxylation sites is 1. The molecule has 6 rings (SSSR count). The van der Waals surface area contributed by atoms with E-state index >= 15 is 0 Å². The number of hydrogen-bond donors (Lipinski definition) is 1. The molecular formula is C31H24F3N3O5S2. The minimum Gasteiger partial charge on any atom is -0.496 e. The number of carbonyl (C=O) groups excluding carboxylic acids is 3. The second-order valence-electron chi connectivity index (χ2n) is 10.4. The summed E-state index contributed by atoms with van der Waals surface area (Å²) in [6.07, 6.45) is -4.68. The Hall–Kier alpha value is -4.36. The molecule has 0 radical (unpaired) electrons. The summed E-state index contributed by atoms with van der Waals surface area (Å²) >= 11 is 1.84. The van der Waals surface area contributed by atoms with E-state index in [2.05, 4.69) is 5.32 Å². The van der Waals surface area contributed by atoms with Gasteiger partial charge in [-0.05, 0) is 48.9 Å². The van der Waals surface area contributed by atoms with Gasteiger partial charge in [-0.1, -0.05) is 59.5 Å². The molecule has 1 fully saturated rings. The molecule has 13 heteroatoms. The number of fused-ring (bicyclic) bond motifs is 2. The van der Waals surface area contributed by atoms with Gasteiger partial charge in [0.1, 0.15) is 17.5 Å². The van der Waals surface area contributed by atoms with E-state index < -0.39 is 51.4 Å². The Morgan fingerprint density at radius 3 is 2.45 bits per heavy atom. The third-order valence-electron chi connectivity index (χ3n) is 7.56. The standard InChI is InChI=1S/C31H24F3N3O5S2/c1-16-7-5-9-18(13-16)35-22(38)15-36-29-26(44-30(36)41)23(20-11-3-4-12-21(20)42-2)24-25(43-29)28(40)37(27(24)39)19-10-6-8-17(14-19)31(32,33)34/h3-14,23-25H,15H2,1-2H3,(H,35,38)/t23-,24?,25?/m1/s1. The SMILES string of the molecule is COc1ccccc1[C@H]1c2sc(=O)n(CC(=O)Nc3cccc(C)c3)c2SC2C(=O)N(c3cccc(C(F)(F)F)c3)C(=O)C21. The summed E-state index contributed by atoms with van der Waals surface area (Å²) in [6.45, 7) is 1.53. The fraction of sp³-hybridized carbons (Fsp3) is 0.226. The molecule has 0 spiro atoms. The van der Waals surface area contributed by atoms with Gasteiger partial charge in [-0.15, -0.1) is 0 Å². The number of thiazole rings is 1. The van der Waals surface area contributed by atoms with Crippen molar-refractivity contribution in [3.8, 4) is 5.75 Å². The molecule has 0 aliphatic carbocycles. The topological polar surface area (TPSA) is 97.7 Å². The number of anilines is 2. The molecule has 3 heterocycles. The van der Waals surface area contributed by atoms with Crippen molar-refractivity contribution in [2.24, 2.45) is 5.92 Å². The molecule has 3 atom stereocenters. The Kier molecular flexibility index (Phi) is 7.62. The second kappa shape index (κ2) is 11.3. The molecule has 1 aromatic heterocycles. The Morgan fingerprint density at radius 1 is 0.977 bits per heavy atom. The number of imide groups is 1. The van der Waals surface area contributed by atoms with Crippen molar-refractivity contribution in [2.75, 3.05) is 17.3 Å². The zero-order valence-corrected chi connectivity index (χ0v) is 24.9. The highest BCUT2D eigenvalue weighted by Gasteiger charge is 2.57. The molecule has 2 aliphatic heterocycles. The fourth-order valence-corrected chi connectivity index (χ4v) is 8.42. The van der Waals surface area contributed by atoms with Crippen molar-refractivity contribution < 1.29 is 32.3 Å². The molecule has 0 saturated carbocycles. The number of alkyl halides is 3. The van der Waals surface area contributed by atoms with Gasteiger partial charge in [-0.25, -0.2) is 4.90 Å². The lowest BCUT2D eigenvalue weighted by molar-refractivity contribution is -0.137. The summed E-state index contributed by atoms with van der Waals surface area (Å²) in [5.74, 6) is -3.31. The molecule has 3 aromatic carbocycles. The van der Waals surface area contributed by atoms with Crippen LogP contribution in [0.1, 0.15) is 27.5 Å². The lowest BCUT2D eigenvalue weighted by atomic mass is 9.82. The largest absolute Gasteiger partial charge is 0.496 e. The molecule has 1 saturated heterocycles. The van der Waals surface area contributed by atoms with E-state index in [4.69, 9.17) is 4.74 Å². The molecule has 226 valence electrons. The third kappa shape index (κ3) is 5.19. The molecular weight excluding hydrogens is 615 g/mol. The fourth-order valence-electron chi connectivity index (χ4n) is 5.66. The average molecular weight is 640 g/mol. The second-order valence-corrected chi connectivity index (χ2v) is 12.5. The lowest BCUT2D eigenvalue weighted by Gasteiger charge is -2.31. The molecule has 3 amide bonds. The van der Waals surface area contributed by atoms with Gasteiger partial charge in [0.15, 0.2) is 0 Å². The monoisotopic (exact) mass is 639 g/mol. The Bertz CT molecular complexity index is 1870. The molecule has 4 aromatic rings. The number of thioether (sulfide) groups is 1. The summed E-state index contributed by atoms with van der Waals surface area (Å²) in [4.78, 5) is 55.1. The molecule has 1 N–H and O–H groups in total. The van der Waals surface area contributed by atoms with Crippen LogP contribution in [0.15, 0.2) is 82.6 Å². The predicted octanol–water partition coefficient (Wildman–Crippen LogP) is 5.68. The predicted molar refractivity (Wildman–Crippen MR) is 160 cm³/mol. The number of hydrogen-bond acceptors (Lipinski definition) is 7. The van der Waals surface area contributed by atoms with E-state index in [9.17, 15) is 32.3 Å². The van der Waals surface area contributed by atoms with Gasteiger partial charge in [0, 0.05) is 22.0 Å². The normalized spacial score (nSPS) is 19.5. The zero-order chi connectivity index (χ0) is 31.3. The van der Waals surface area contributed by atoms with Crippen molar-refractivity contribution in [1.29, 1.82) is 0 Å². The maximum absolute atomic E-state index is 14.0. The van der Waals surface area contributed by atoms with Gasteiger partial charge in [-0.2, -0.15) is 13.2 Å². The molecule has 2 aliphatic rings. The molecule has 8 nitrogen and oxygen atoms in total. The maximum Gasteiger partial charge on any atom is 0.416 e. The van der Waals surface area contributed by atoms with E-state index in [-0.39, 0.29) is 12.2 Å². The quantitative estimate of drug-likeness (QED) is 0.273. The highest BCUT2D eigenvalue weighted by Crippen LogP contribution is 2.55. The first-order chi connectivity index (χ1) is 21.0. The van der Waals surface area contributed by atoms with Crippen LogP contribution in [0.3, 0.4) is 0 Å². The Labute approximate surface area is 257 Å². The van der Waals surface area contributed by atoms with Crippen molar-refractivity contribution in [3.05, 3.63) is 104 Å². The molecule has 44 heavy (non-hydrogen) atoms. The van der Waals surface area contributed by atoms with Gasteiger partial charge in [-0.3, -0.25) is 23.7 Å². The summed E-state index contributed by atoms with van der Waals surface area (Å²) in [7, 11) is 1.45. The van der Waals surface area contributed by atoms with E-state index in [0.29, 0.717) is 26.9 Å². The first kappa shape index (κ1) is 29.7. The number of nitrogens with zero attached hydrogens (tertiary/aromatic N) is 2. The van der Waals surface area contributed by atoms with Crippen LogP contribution in [-0.4, -0.2) is 34.6 Å². The number of benzene rings is 3. The minimum absolute atomic E-state index is 0.193. The number of aryl methyl sites for hydroxylation is 1. The number of nitrogens with one attached hydrogen (secondary N) is 1. The number of carbonyl (C=O) groups is 3. The van der Waals surface area contributed by atoms with E-state index in [1.807, 2.05) is 13.0 Å². The summed E-state index contributed by atoms with van der Waals surface area (Å²) < 4.78 is 47.4. The first-order valence-corrected chi connectivity index (χ1v) is 15.1. The van der Waals surface area contributed by atoms with Crippen molar-refractivity contribution in [3.63, 3.8) is 0 Å². The summed E-state index contributed by atoms with van der Waals surface area (Å²) in [5.41, 5.74) is 0.842. The van der Waals surface area contributed by atoms with Crippen LogP contribution >= 0.6 is 23.1 Å². The van der Waals surface area contributed by atoms with Gasteiger partial charge in [0.05, 0.1) is 29.3 Å². The minimum atomic E-state index is -4.68. The average Bonchev–Trinajstić information content (AvgIpc) is 3.42. The van der Waals surface area contributed by atoms with Crippen LogP contribution in [0.4, 0.5) is 24.5 Å². The van der Waals surface area contributed by atoms with Gasteiger partial charge in [0.2, 0.25) is 17.7 Å². The van der Waals surface area contributed by atoms with Crippen LogP contribution in [0.5, 0.6) is 5.75 Å². The number of aromatic nitrogens is 1. The summed E-state index contributed by atoms with van der Waals surface area (Å²) in [6, 6.07) is 18.1. The van der Waals surface area contributed by atoms with E-state index in [1.54, 1.807) is 42.5 Å². The van der Waals surface area contributed by atoms with Crippen LogP contribution in [-0.2, 0) is 27.1 Å². The number of ether oxygens (including phenoxy) is 1. The number of rotatable bonds is 6. The third-order valence-corrected chi connectivity index (χ3v) is 10.2. The van der Waals surface area contributed by atoms with Gasteiger partial charge < -0.3 is 10.1 Å². The van der Waals surface area contributed by atoms with E-state index in [1.165, 1.54) is 17.7 Å². The van der Waals surface area contributed by atoms with Crippen LogP contribution in [0, 0.1) is 12.8 Å². The molecule has 0 bridgehead atoms. The first-order valence-electron chi connectivity index (χ1n) is 13.4. The smallest absolute Gasteiger partial charge is 0.416 e. The zero-order valence-electron chi connectivity index (χ0n) is 23.3. The van der Waals surface area contributed by atoms with E-state index in [0.717, 1.165) is 51.8 Å².